The maximum Gasteiger partial charge on any atom is 0.247 e. The Kier molecular flexibility index (Phi) is 4.09. The Morgan fingerprint density at radius 1 is 1.32 bits per heavy atom. The van der Waals surface area contributed by atoms with E-state index in [0.29, 0.717) is 18.3 Å². The number of methoxy groups -OCH3 is 1. The number of benzene rings is 1. The van der Waals surface area contributed by atoms with Crippen LogP contribution in [0, 0.1) is 0 Å². The molecule has 0 bridgehead atoms. The molecule has 116 valence electrons. The molecule has 0 aliphatic carbocycles. The smallest absolute Gasteiger partial charge is 0.247 e. The normalized spacial score (nSPS) is 18.3. The minimum absolute atomic E-state index is 0.0968. The van der Waals surface area contributed by atoms with Gasteiger partial charge in [0.1, 0.15) is 5.75 Å². The molecule has 1 fully saturated rings. The number of aromatic nitrogens is 2. The van der Waals surface area contributed by atoms with Crippen LogP contribution in [0.15, 0.2) is 28.7 Å². The van der Waals surface area contributed by atoms with Gasteiger partial charge in [0.2, 0.25) is 17.7 Å². The molecule has 0 spiro atoms. The first-order chi connectivity index (χ1) is 10.7. The van der Waals surface area contributed by atoms with Crippen molar-refractivity contribution in [3.8, 4) is 17.2 Å². The number of hydrogen-bond donors (Lipinski definition) is 0. The van der Waals surface area contributed by atoms with E-state index in [1.807, 2.05) is 29.2 Å². The lowest BCUT2D eigenvalue weighted by Gasteiger charge is -2.30. The van der Waals surface area contributed by atoms with Gasteiger partial charge in [-0.25, -0.2) is 0 Å². The standard InChI is InChI=1S/C16H19N3O3/c1-11(20)19-9-3-4-13(10-19)16-18-17-15(22-16)12-5-7-14(21-2)8-6-12/h5-8,13H,3-4,9-10H2,1-2H3. The monoisotopic (exact) mass is 301 g/mol. The van der Waals surface area contributed by atoms with Gasteiger partial charge in [0.15, 0.2) is 0 Å². The summed E-state index contributed by atoms with van der Waals surface area (Å²) in [4.78, 5) is 13.3. The van der Waals surface area contributed by atoms with Crippen molar-refractivity contribution in [2.24, 2.45) is 0 Å². The van der Waals surface area contributed by atoms with Crippen LogP contribution >= 0.6 is 0 Å². The summed E-state index contributed by atoms with van der Waals surface area (Å²) in [5.41, 5.74) is 0.860. The second-order valence-corrected chi connectivity index (χ2v) is 5.48. The number of likely N-dealkylation sites (tertiary alicyclic amines) is 1. The van der Waals surface area contributed by atoms with E-state index < -0.39 is 0 Å². The lowest BCUT2D eigenvalue weighted by Crippen LogP contribution is -2.37. The van der Waals surface area contributed by atoms with Crippen LogP contribution in [0.4, 0.5) is 0 Å². The van der Waals surface area contributed by atoms with Crippen molar-refractivity contribution < 1.29 is 13.9 Å². The first kappa shape index (κ1) is 14.6. The van der Waals surface area contributed by atoms with Crippen LogP contribution in [-0.4, -0.2) is 41.2 Å². The lowest BCUT2D eigenvalue weighted by atomic mass is 9.98. The zero-order valence-electron chi connectivity index (χ0n) is 12.8. The van der Waals surface area contributed by atoms with Gasteiger partial charge in [0, 0.05) is 25.6 Å². The highest BCUT2D eigenvalue weighted by Crippen LogP contribution is 2.29. The molecule has 1 amide bonds. The molecule has 1 atom stereocenters. The Labute approximate surface area is 129 Å². The zero-order chi connectivity index (χ0) is 15.5. The largest absolute Gasteiger partial charge is 0.497 e. The molecular formula is C16H19N3O3. The van der Waals surface area contributed by atoms with Crippen molar-refractivity contribution >= 4 is 5.91 Å². The summed E-state index contributed by atoms with van der Waals surface area (Å²) >= 11 is 0. The van der Waals surface area contributed by atoms with Crippen LogP contribution in [0.1, 0.15) is 31.6 Å². The Hall–Kier alpha value is -2.37. The molecule has 1 aromatic heterocycles. The third-order valence-electron chi connectivity index (χ3n) is 3.99. The van der Waals surface area contributed by atoms with Gasteiger partial charge in [0.25, 0.3) is 0 Å². The summed E-state index contributed by atoms with van der Waals surface area (Å²) in [6, 6.07) is 7.49. The van der Waals surface area contributed by atoms with Crippen molar-refractivity contribution in [3.63, 3.8) is 0 Å². The van der Waals surface area contributed by atoms with Crippen LogP contribution < -0.4 is 4.74 Å². The molecule has 22 heavy (non-hydrogen) atoms. The number of carbonyl (C=O) groups is 1. The van der Waals surface area contributed by atoms with Crippen molar-refractivity contribution in [2.45, 2.75) is 25.7 Å². The van der Waals surface area contributed by atoms with Gasteiger partial charge in [-0.05, 0) is 37.1 Å². The van der Waals surface area contributed by atoms with Crippen LogP contribution in [0.25, 0.3) is 11.5 Å². The molecule has 6 nitrogen and oxygen atoms in total. The third-order valence-corrected chi connectivity index (χ3v) is 3.99. The number of amides is 1. The molecule has 1 aliphatic rings. The molecule has 1 aromatic carbocycles. The van der Waals surface area contributed by atoms with Crippen molar-refractivity contribution in [2.75, 3.05) is 20.2 Å². The Morgan fingerprint density at radius 2 is 2.09 bits per heavy atom. The SMILES string of the molecule is COc1ccc(-c2nnc(C3CCCN(C(C)=O)C3)o2)cc1. The fraction of sp³-hybridized carbons (Fsp3) is 0.438. The fourth-order valence-corrected chi connectivity index (χ4v) is 2.71. The van der Waals surface area contributed by atoms with E-state index in [0.717, 1.165) is 30.7 Å². The molecule has 2 heterocycles. The Morgan fingerprint density at radius 3 is 2.77 bits per heavy atom. The molecule has 0 saturated carbocycles. The van der Waals surface area contributed by atoms with Crippen LogP contribution in [0.3, 0.4) is 0 Å². The van der Waals surface area contributed by atoms with Gasteiger partial charge in [-0.3, -0.25) is 4.79 Å². The summed E-state index contributed by atoms with van der Waals surface area (Å²) < 4.78 is 10.9. The van der Waals surface area contributed by atoms with Crippen LogP contribution in [-0.2, 0) is 4.79 Å². The van der Waals surface area contributed by atoms with Crippen LogP contribution in [0.5, 0.6) is 5.75 Å². The van der Waals surface area contributed by atoms with Gasteiger partial charge >= 0.3 is 0 Å². The second-order valence-electron chi connectivity index (χ2n) is 5.48. The van der Waals surface area contributed by atoms with Crippen molar-refractivity contribution in [1.82, 2.24) is 15.1 Å². The van der Waals surface area contributed by atoms with Crippen LogP contribution in [0.2, 0.25) is 0 Å². The second kappa shape index (κ2) is 6.17. The van der Waals surface area contributed by atoms with Gasteiger partial charge in [0.05, 0.1) is 13.0 Å². The molecule has 0 N–H and O–H groups in total. The number of nitrogens with zero attached hydrogens (tertiary/aromatic N) is 3. The van der Waals surface area contributed by atoms with Gasteiger partial charge in [-0.1, -0.05) is 0 Å². The fourth-order valence-electron chi connectivity index (χ4n) is 2.71. The maximum atomic E-state index is 11.5. The van der Waals surface area contributed by atoms with Crippen molar-refractivity contribution in [1.29, 1.82) is 0 Å². The average molecular weight is 301 g/mol. The highest BCUT2D eigenvalue weighted by atomic mass is 16.5. The molecule has 1 aliphatic heterocycles. The van der Waals surface area contributed by atoms with E-state index in [4.69, 9.17) is 9.15 Å². The first-order valence-corrected chi connectivity index (χ1v) is 7.40. The number of hydrogen-bond acceptors (Lipinski definition) is 5. The molecule has 0 radical (unpaired) electrons. The quantitative estimate of drug-likeness (QED) is 0.871. The van der Waals surface area contributed by atoms with E-state index in [-0.39, 0.29) is 11.8 Å². The van der Waals surface area contributed by atoms with E-state index in [1.165, 1.54) is 0 Å². The predicted octanol–water partition coefficient (Wildman–Crippen LogP) is 2.47. The number of rotatable bonds is 3. The van der Waals surface area contributed by atoms with E-state index >= 15 is 0 Å². The van der Waals surface area contributed by atoms with E-state index in [1.54, 1.807) is 14.0 Å². The minimum atomic E-state index is 0.0968. The Balaban J connectivity index is 1.76. The predicted molar refractivity (Wildman–Crippen MR) is 80.5 cm³/mol. The van der Waals surface area contributed by atoms with Gasteiger partial charge < -0.3 is 14.1 Å². The molecule has 1 saturated heterocycles. The highest BCUT2D eigenvalue weighted by molar-refractivity contribution is 5.73. The van der Waals surface area contributed by atoms with E-state index in [2.05, 4.69) is 10.2 Å². The molecule has 3 rings (SSSR count). The lowest BCUT2D eigenvalue weighted by molar-refractivity contribution is -0.130. The maximum absolute atomic E-state index is 11.5. The van der Waals surface area contributed by atoms with E-state index in [9.17, 15) is 4.79 Å². The summed E-state index contributed by atoms with van der Waals surface area (Å²) in [5, 5.41) is 8.29. The Bertz CT molecular complexity index is 651. The summed E-state index contributed by atoms with van der Waals surface area (Å²) in [7, 11) is 1.63. The summed E-state index contributed by atoms with van der Waals surface area (Å²) in [5.74, 6) is 2.11. The number of carbonyl (C=O) groups excluding carboxylic acids is 1. The summed E-state index contributed by atoms with van der Waals surface area (Å²) in [6.45, 7) is 3.06. The molecule has 1 unspecified atom stereocenters. The highest BCUT2D eigenvalue weighted by Gasteiger charge is 2.27. The number of ether oxygens (including phenoxy) is 1. The molecule has 2 aromatic rings. The molecular weight excluding hydrogens is 282 g/mol. The third kappa shape index (κ3) is 2.95. The number of piperidine rings is 1. The first-order valence-electron chi connectivity index (χ1n) is 7.40. The molecule has 6 heteroatoms. The minimum Gasteiger partial charge on any atom is -0.497 e. The topological polar surface area (TPSA) is 68.5 Å². The zero-order valence-corrected chi connectivity index (χ0v) is 12.8. The van der Waals surface area contributed by atoms with Gasteiger partial charge in [-0.15, -0.1) is 10.2 Å². The average Bonchev–Trinajstić information content (AvgIpc) is 3.05. The summed E-state index contributed by atoms with van der Waals surface area (Å²) in [6.07, 6.45) is 1.93. The van der Waals surface area contributed by atoms with Crippen molar-refractivity contribution in [3.05, 3.63) is 30.2 Å². The van der Waals surface area contributed by atoms with Gasteiger partial charge in [-0.2, -0.15) is 0 Å².